The molecule has 0 amide bonds. The van der Waals surface area contributed by atoms with Crippen LogP contribution in [0, 0.1) is 0 Å². The first-order valence-electron chi connectivity index (χ1n) is 8.08. The van der Waals surface area contributed by atoms with Crippen LogP contribution in [0.2, 0.25) is 0 Å². The van der Waals surface area contributed by atoms with Gasteiger partial charge in [-0.05, 0) is 24.5 Å². The highest BCUT2D eigenvalue weighted by Gasteiger charge is 2.15. The van der Waals surface area contributed by atoms with Crippen molar-refractivity contribution in [2.45, 2.75) is 38.9 Å². The van der Waals surface area contributed by atoms with Gasteiger partial charge < -0.3 is 4.57 Å². The van der Waals surface area contributed by atoms with Gasteiger partial charge in [0.2, 0.25) is 5.56 Å². The molecule has 0 atom stereocenters. The van der Waals surface area contributed by atoms with Crippen LogP contribution in [0.3, 0.4) is 0 Å². The van der Waals surface area contributed by atoms with Gasteiger partial charge in [0.25, 0.3) is 0 Å². The van der Waals surface area contributed by atoms with Crippen LogP contribution in [0.25, 0.3) is 11.3 Å². The third-order valence-corrected chi connectivity index (χ3v) is 5.44. The van der Waals surface area contributed by atoms with E-state index in [1.807, 2.05) is 0 Å². The molecule has 2 rings (SSSR count). The molecule has 0 aliphatic carbocycles. The first-order chi connectivity index (χ1) is 11.4. The summed E-state index contributed by atoms with van der Waals surface area (Å²) in [5, 5.41) is 0. The lowest BCUT2D eigenvalue weighted by molar-refractivity contribution is 0.595. The molecule has 0 saturated heterocycles. The second-order valence-electron chi connectivity index (χ2n) is 5.81. The van der Waals surface area contributed by atoms with Crippen LogP contribution in [0.15, 0.2) is 29.3 Å². The van der Waals surface area contributed by atoms with E-state index in [1.54, 1.807) is 32.4 Å². The van der Waals surface area contributed by atoms with Crippen molar-refractivity contribution in [3.63, 3.8) is 0 Å². The number of hydrogen-bond donors (Lipinski definition) is 0. The van der Waals surface area contributed by atoms with E-state index in [-0.39, 0.29) is 17.1 Å². The summed E-state index contributed by atoms with van der Waals surface area (Å²) < 4.78 is 25.2. The summed E-state index contributed by atoms with van der Waals surface area (Å²) in [6, 6.07) is 3.21. The van der Waals surface area contributed by atoms with E-state index in [0.717, 1.165) is 30.4 Å². The third kappa shape index (κ3) is 4.50. The summed E-state index contributed by atoms with van der Waals surface area (Å²) in [5.41, 5.74) is 2.36. The summed E-state index contributed by atoms with van der Waals surface area (Å²) in [6.45, 7) is 3.72. The predicted octanol–water partition coefficient (Wildman–Crippen LogP) is 2.12. The predicted molar refractivity (Wildman–Crippen MR) is 94.5 cm³/mol. The van der Waals surface area contributed by atoms with E-state index in [9.17, 15) is 13.2 Å². The average molecular weight is 349 g/mol. The molecule has 0 N–H and O–H groups in total. The smallest absolute Gasteiger partial charge is 0.250 e. The van der Waals surface area contributed by atoms with E-state index >= 15 is 0 Å². The van der Waals surface area contributed by atoms with E-state index in [1.165, 1.54) is 10.6 Å². The molecule has 2 heterocycles. The molecule has 0 aliphatic heterocycles. The fraction of sp³-hybridized carbons (Fsp3) is 0.471. The molecule has 0 aliphatic rings. The molecule has 0 spiro atoms. The SMILES string of the molecule is CCCCc1cnc(CS(=O)(=O)CC)nc1-c1ccc(=O)n(C)c1. The highest BCUT2D eigenvalue weighted by molar-refractivity contribution is 7.90. The number of rotatable bonds is 7. The number of unbranched alkanes of at least 4 members (excludes halogenated alkanes) is 1. The van der Waals surface area contributed by atoms with Crippen molar-refractivity contribution in [1.29, 1.82) is 0 Å². The summed E-state index contributed by atoms with van der Waals surface area (Å²) in [5.74, 6) is 0.181. The van der Waals surface area contributed by atoms with Gasteiger partial charge in [-0.2, -0.15) is 0 Å². The fourth-order valence-corrected chi connectivity index (χ4v) is 3.08. The van der Waals surface area contributed by atoms with Crippen LogP contribution in [-0.2, 0) is 29.1 Å². The zero-order valence-electron chi connectivity index (χ0n) is 14.3. The Balaban J connectivity index is 2.51. The van der Waals surface area contributed by atoms with Gasteiger partial charge in [0.1, 0.15) is 11.6 Å². The van der Waals surface area contributed by atoms with Gasteiger partial charge in [-0.15, -0.1) is 0 Å². The highest BCUT2D eigenvalue weighted by atomic mass is 32.2. The molecule has 0 aromatic carbocycles. The Bertz CT molecular complexity index is 873. The normalized spacial score (nSPS) is 11.6. The number of hydrogen-bond acceptors (Lipinski definition) is 5. The van der Waals surface area contributed by atoms with Gasteiger partial charge >= 0.3 is 0 Å². The van der Waals surface area contributed by atoms with Gasteiger partial charge in [0.15, 0.2) is 9.84 Å². The molecule has 6 nitrogen and oxygen atoms in total. The van der Waals surface area contributed by atoms with E-state index in [4.69, 9.17) is 0 Å². The molecule has 24 heavy (non-hydrogen) atoms. The summed E-state index contributed by atoms with van der Waals surface area (Å²) in [6.07, 6.45) is 6.28. The Labute approximate surface area is 142 Å². The largest absolute Gasteiger partial charge is 0.318 e. The minimum absolute atomic E-state index is 0.0586. The van der Waals surface area contributed by atoms with Gasteiger partial charge in [0.05, 0.1) is 5.69 Å². The van der Waals surface area contributed by atoms with E-state index in [0.29, 0.717) is 11.5 Å². The van der Waals surface area contributed by atoms with E-state index < -0.39 is 9.84 Å². The maximum atomic E-state index is 11.8. The van der Waals surface area contributed by atoms with Crippen molar-refractivity contribution in [3.05, 3.63) is 46.3 Å². The van der Waals surface area contributed by atoms with Crippen LogP contribution in [0.4, 0.5) is 0 Å². The lowest BCUT2D eigenvalue weighted by Crippen LogP contribution is -2.15. The number of sulfone groups is 1. The maximum absolute atomic E-state index is 11.8. The molecular formula is C17H23N3O3S. The highest BCUT2D eigenvalue weighted by Crippen LogP contribution is 2.22. The van der Waals surface area contributed by atoms with Gasteiger partial charge in [-0.3, -0.25) is 4.79 Å². The molecule has 0 radical (unpaired) electrons. The number of pyridine rings is 1. The minimum atomic E-state index is -3.20. The molecule has 0 fully saturated rings. The Morgan fingerprint density at radius 2 is 1.96 bits per heavy atom. The number of aryl methyl sites for hydroxylation is 2. The molecule has 130 valence electrons. The van der Waals surface area contributed by atoms with Crippen LogP contribution in [0.5, 0.6) is 0 Å². The monoisotopic (exact) mass is 349 g/mol. The molecule has 0 bridgehead atoms. The maximum Gasteiger partial charge on any atom is 0.250 e. The van der Waals surface area contributed by atoms with Crippen LogP contribution >= 0.6 is 0 Å². The van der Waals surface area contributed by atoms with Crippen molar-refractivity contribution in [2.24, 2.45) is 7.05 Å². The fourth-order valence-electron chi connectivity index (χ4n) is 2.35. The van der Waals surface area contributed by atoms with Crippen LogP contribution in [0.1, 0.15) is 38.1 Å². The Hall–Kier alpha value is -2.02. The lowest BCUT2D eigenvalue weighted by Gasteiger charge is -2.11. The third-order valence-electron chi connectivity index (χ3n) is 3.86. The first-order valence-corrected chi connectivity index (χ1v) is 9.90. The Kier molecular flexibility index (Phi) is 5.88. The molecule has 0 unspecified atom stereocenters. The summed E-state index contributed by atoms with van der Waals surface area (Å²) in [7, 11) is -1.51. The molecule has 7 heteroatoms. The van der Waals surface area contributed by atoms with Crippen LogP contribution < -0.4 is 5.56 Å². The number of nitrogens with zero attached hydrogens (tertiary/aromatic N) is 3. The van der Waals surface area contributed by atoms with Gasteiger partial charge in [-0.25, -0.2) is 18.4 Å². The first kappa shape index (κ1) is 18.3. The average Bonchev–Trinajstić information content (AvgIpc) is 2.56. The van der Waals surface area contributed by atoms with Crippen LogP contribution in [-0.4, -0.2) is 28.7 Å². The van der Waals surface area contributed by atoms with Crippen molar-refractivity contribution >= 4 is 9.84 Å². The summed E-state index contributed by atoms with van der Waals surface area (Å²) in [4.78, 5) is 20.3. The van der Waals surface area contributed by atoms with Crippen molar-refractivity contribution < 1.29 is 8.42 Å². The summed E-state index contributed by atoms with van der Waals surface area (Å²) >= 11 is 0. The van der Waals surface area contributed by atoms with Gasteiger partial charge in [0, 0.05) is 36.8 Å². The Morgan fingerprint density at radius 1 is 1.21 bits per heavy atom. The zero-order valence-corrected chi connectivity index (χ0v) is 15.1. The molecule has 0 saturated carbocycles. The molecular weight excluding hydrogens is 326 g/mol. The second-order valence-corrected chi connectivity index (χ2v) is 8.16. The quantitative estimate of drug-likeness (QED) is 0.765. The molecule has 2 aromatic heterocycles. The topological polar surface area (TPSA) is 81.9 Å². The molecule has 2 aromatic rings. The zero-order chi connectivity index (χ0) is 17.7. The number of aromatic nitrogens is 3. The van der Waals surface area contributed by atoms with Crippen molar-refractivity contribution in [3.8, 4) is 11.3 Å². The minimum Gasteiger partial charge on any atom is -0.318 e. The Morgan fingerprint density at radius 3 is 2.58 bits per heavy atom. The van der Waals surface area contributed by atoms with E-state index in [2.05, 4.69) is 16.9 Å². The lowest BCUT2D eigenvalue weighted by atomic mass is 10.0. The standard InChI is InChI=1S/C17H23N3O3S/c1-4-6-7-13-10-18-15(12-24(22,23)5-2)19-17(13)14-8-9-16(21)20(3)11-14/h8-11H,4-7,12H2,1-3H3. The second kappa shape index (κ2) is 7.70. The van der Waals surface area contributed by atoms with Gasteiger partial charge in [-0.1, -0.05) is 20.3 Å². The van der Waals surface area contributed by atoms with Crippen molar-refractivity contribution in [1.82, 2.24) is 14.5 Å². The van der Waals surface area contributed by atoms with Crippen molar-refractivity contribution in [2.75, 3.05) is 5.75 Å².